The number of hydrogen-bond acceptors (Lipinski definition) is 2. The summed E-state index contributed by atoms with van der Waals surface area (Å²) < 4.78 is 7.41. The highest BCUT2D eigenvalue weighted by Gasteiger charge is 2.36. The summed E-state index contributed by atoms with van der Waals surface area (Å²) in [5, 5.41) is 12.1. The molecule has 0 N–H and O–H groups in total. The molecule has 1 aliphatic rings. The molecular formula is C61H41NO. The Labute approximate surface area is 365 Å². The smallest absolute Gasteiger partial charge is 0.159 e. The van der Waals surface area contributed by atoms with Gasteiger partial charge in [-0.2, -0.15) is 0 Å². The lowest BCUT2D eigenvalue weighted by atomic mass is 9.82. The zero-order valence-electron chi connectivity index (χ0n) is 35.1. The predicted octanol–water partition coefficient (Wildman–Crippen LogP) is 17.3. The predicted molar refractivity (Wildman–Crippen MR) is 267 cm³/mol. The molecule has 0 amide bonds. The average molecular weight is 804 g/mol. The van der Waals surface area contributed by atoms with Crippen LogP contribution in [0, 0.1) is 0 Å². The van der Waals surface area contributed by atoms with E-state index >= 15 is 0 Å². The highest BCUT2D eigenvalue weighted by molar-refractivity contribution is 6.27. The topological polar surface area (TPSA) is 16.4 Å². The molecular weight excluding hydrogens is 763 g/mol. The molecule has 0 radical (unpaired) electrons. The maximum Gasteiger partial charge on any atom is 0.159 e. The van der Waals surface area contributed by atoms with Gasteiger partial charge in [0.2, 0.25) is 0 Å². The number of furan rings is 1. The van der Waals surface area contributed by atoms with Gasteiger partial charge in [-0.05, 0) is 124 Å². The minimum atomic E-state index is -0.150. The lowest BCUT2D eigenvalue weighted by molar-refractivity contribution is 0.660. The van der Waals surface area contributed by atoms with Crippen molar-refractivity contribution >= 4 is 82.1 Å². The second-order valence-electron chi connectivity index (χ2n) is 17.6. The molecule has 0 spiro atoms. The lowest BCUT2D eigenvalue weighted by Gasteiger charge is -2.28. The third-order valence-corrected chi connectivity index (χ3v) is 13.8. The fourth-order valence-electron chi connectivity index (χ4n) is 10.8. The summed E-state index contributed by atoms with van der Waals surface area (Å²) in [4.78, 5) is 2.39. The van der Waals surface area contributed by atoms with Gasteiger partial charge in [-0.3, -0.25) is 0 Å². The Balaban J connectivity index is 1.06. The minimum absolute atomic E-state index is 0.150. The molecule has 0 saturated heterocycles. The van der Waals surface area contributed by atoms with Crippen LogP contribution in [0.2, 0.25) is 0 Å². The Hall–Kier alpha value is -7.94. The van der Waals surface area contributed by atoms with Crippen LogP contribution in [-0.4, -0.2) is 0 Å². The Bertz CT molecular complexity index is 3780. The fraction of sp³-hybridized carbons (Fsp3) is 0.0492. The lowest BCUT2D eigenvalue weighted by Crippen LogP contribution is -2.16. The van der Waals surface area contributed by atoms with Gasteiger partial charge in [0, 0.05) is 33.1 Å². The first-order valence-electron chi connectivity index (χ1n) is 21.9. The number of hydrogen-bond donors (Lipinski definition) is 0. The molecule has 63 heavy (non-hydrogen) atoms. The second-order valence-corrected chi connectivity index (χ2v) is 17.6. The molecule has 1 heterocycles. The Morgan fingerprint density at radius 1 is 0.349 bits per heavy atom. The molecule has 11 aromatic carbocycles. The summed E-state index contributed by atoms with van der Waals surface area (Å²) in [6, 6.07) is 77.8. The third kappa shape index (κ3) is 5.31. The van der Waals surface area contributed by atoms with E-state index in [1.807, 2.05) is 0 Å². The molecule has 0 aliphatic heterocycles. The van der Waals surface area contributed by atoms with E-state index in [0.717, 1.165) is 50.1 Å². The van der Waals surface area contributed by atoms with Gasteiger partial charge in [-0.25, -0.2) is 0 Å². The van der Waals surface area contributed by atoms with Crippen molar-refractivity contribution in [3.63, 3.8) is 0 Å². The maximum absolute atomic E-state index is 7.41. The van der Waals surface area contributed by atoms with Crippen LogP contribution in [0.15, 0.2) is 217 Å². The first kappa shape index (κ1) is 35.8. The molecule has 0 unspecified atom stereocenters. The third-order valence-electron chi connectivity index (χ3n) is 13.8. The van der Waals surface area contributed by atoms with Gasteiger partial charge in [0.15, 0.2) is 5.58 Å². The molecule has 296 valence electrons. The summed E-state index contributed by atoms with van der Waals surface area (Å²) in [5.74, 6) is 0. The molecule has 13 rings (SSSR count). The zero-order valence-corrected chi connectivity index (χ0v) is 35.1. The molecule has 1 aliphatic carbocycles. The largest absolute Gasteiger partial charge is 0.453 e. The van der Waals surface area contributed by atoms with E-state index in [4.69, 9.17) is 4.42 Å². The second kappa shape index (κ2) is 13.5. The van der Waals surface area contributed by atoms with Crippen LogP contribution >= 0.6 is 0 Å². The number of nitrogens with zero attached hydrogens (tertiary/aromatic N) is 1. The van der Waals surface area contributed by atoms with Crippen molar-refractivity contribution in [2.75, 3.05) is 4.90 Å². The summed E-state index contributed by atoms with van der Waals surface area (Å²) in [6.45, 7) is 4.70. The molecule has 12 aromatic rings. The van der Waals surface area contributed by atoms with Crippen molar-refractivity contribution in [2.45, 2.75) is 19.3 Å². The van der Waals surface area contributed by atoms with Crippen molar-refractivity contribution < 1.29 is 4.42 Å². The van der Waals surface area contributed by atoms with Crippen LogP contribution in [0.25, 0.3) is 98.4 Å². The molecule has 0 bridgehead atoms. The number of benzene rings is 11. The van der Waals surface area contributed by atoms with E-state index in [9.17, 15) is 0 Å². The van der Waals surface area contributed by atoms with Gasteiger partial charge in [-0.1, -0.05) is 184 Å². The van der Waals surface area contributed by atoms with Crippen LogP contribution < -0.4 is 4.90 Å². The molecule has 1 aromatic heterocycles. The number of anilines is 3. The normalized spacial score (nSPS) is 13.0. The molecule has 0 atom stereocenters. The Kier molecular flexibility index (Phi) is 7.68. The first-order valence-corrected chi connectivity index (χ1v) is 21.9. The summed E-state index contributed by atoms with van der Waals surface area (Å²) in [6.07, 6.45) is 0. The molecule has 0 saturated carbocycles. The van der Waals surface area contributed by atoms with Gasteiger partial charge in [0.25, 0.3) is 0 Å². The number of rotatable bonds is 5. The van der Waals surface area contributed by atoms with Gasteiger partial charge in [0.1, 0.15) is 5.58 Å². The van der Waals surface area contributed by atoms with E-state index in [1.54, 1.807) is 0 Å². The monoisotopic (exact) mass is 803 g/mol. The van der Waals surface area contributed by atoms with E-state index in [-0.39, 0.29) is 5.41 Å². The van der Waals surface area contributed by atoms with Gasteiger partial charge < -0.3 is 9.32 Å². The van der Waals surface area contributed by atoms with Crippen LogP contribution in [0.5, 0.6) is 0 Å². The van der Waals surface area contributed by atoms with Crippen molar-refractivity contribution in [2.24, 2.45) is 0 Å². The highest BCUT2D eigenvalue weighted by atomic mass is 16.3. The van der Waals surface area contributed by atoms with Crippen LogP contribution in [0.4, 0.5) is 17.1 Å². The van der Waals surface area contributed by atoms with E-state index in [0.29, 0.717) is 0 Å². The quantitative estimate of drug-likeness (QED) is 0.161. The van der Waals surface area contributed by atoms with Gasteiger partial charge in [0.05, 0.1) is 5.69 Å². The van der Waals surface area contributed by atoms with Gasteiger partial charge in [-0.15, -0.1) is 0 Å². The van der Waals surface area contributed by atoms with Crippen LogP contribution in [-0.2, 0) is 5.41 Å². The Morgan fingerprint density at radius 3 is 1.68 bits per heavy atom. The van der Waals surface area contributed by atoms with E-state index < -0.39 is 0 Å². The maximum atomic E-state index is 7.41. The van der Waals surface area contributed by atoms with Crippen molar-refractivity contribution in [1.29, 1.82) is 0 Å². The number of para-hydroxylation sites is 1. The van der Waals surface area contributed by atoms with Crippen molar-refractivity contribution in [1.82, 2.24) is 0 Å². The Morgan fingerprint density at radius 2 is 0.921 bits per heavy atom. The van der Waals surface area contributed by atoms with Crippen LogP contribution in [0.1, 0.15) is 25.0 Å². The SMILES string of the molecule is CC1(C)c2ccccc2-c2ccc(N(c3ccc(-c4ccccc4)cc3)c3cccc4c3oc3c(-c5ccc6c7ccccc7c7ccccc7c6c5)c5ccccc5cc34)cc21. The first-order chi connectivity index (χ1) is 31.0. The molecule has 2 heteroatoms. The summed E-state index contributed by atoms with van der Waals surface area (Å²) in [5.41, 5.74) is 14.7. The van der Waals surface area contributed by atoms with Crippen LogP contribution in [0.3, 0.4) is 0 Å². The average Bonchev–Trinajstić information content (AvgIpc) is 3.82. The molecule has 0 fully saturated rings. The van der Waals surface area contributed by atoms with Crippen molar-refractivity contribution in [3.8, 4) is 33.4 Å². The minimum Gasteiger partial charge on any atom is -0.453 e. The standard InChI is InChI=1S/C61H41NO/c1-61(2)55-25-13-12-23-50(55)51-34-32-43(37-56(51)61)62(42-30-27-39(28-31-42)38-15-4-3-5-16-38)57-26-14-24-52-54-35-40-17-6-7-18-44(40)58(60(54)63-59(52)57)41-29-33-49-47-21-9-8-19-45(47)46-20-10-11-22-48(46)53(49)36-41/h3-37H,1-2H3. The van der Waals surface area contributed by atoms with E-state index in [1.165, 1.54) is 76.5 Å². The zero-order chi connectivity index (χ0) is 41.8. The fourth-order valence-corrected chi connectivity index (χ4v) is 10.8. The van der Waals surface area contributed by atoms with Gasteiger partial charge >= 0.3 is 0 Å². The summed E-state index contributed by atoms with van der Waals surface area (Å²) in [7, 11) is 0. The number of fused-ring (bicyclic) bond motifs is 13. The highest BCUT2D eigenvalue weighted by Crippen LogP contribution is 2.52. The summed E-state index contributed by atoms with van der Waals surface area (Å²) >= 11 is 0. The molecule has 2 nitrogen and oxygen atoms in total. The van der Waals surface area contributed by atoms with E-state index in [2.05, 4.69) is 231 Å². The van der Waals surface area contributed by atoms with Crippen molar-refractivity contribution in [3.05, 3.63) is 223 Å².